The lowest BCUT2D eigenvalue weighted by Crippen LogP contribution is -2.25. The minimum absolute atomic E-state index is 0.0343. The number of pyridine rings is 1. The van der Waals surface area contributed by atoms with Crippen molar-refractivity contribution in [2.45, 2.75) is 26.7 Å². The number of amides is 1. The lowest BCUT2D eigenvalue weighted by molar-refractivity contribution is 0.0949. The highest BCUT2D eigenvalue weighted by molar-refractivity contribution is 5.95. The van der Waals surface area contributed by atoms with Crippen LogP contribution in [0.15, 0.2) is 12.3 Å². The second-order valence-electron chi connectivity index (χ2n) is 3.66. The number of carbonyl (C=O) groups is 1. The molecule has 94 valence electrons. The molecule has 1 amide bonds. The highest BCUT2D eigenvalue weighted by Gasteiger charge is 2.14. The normalized spacial score (nSPS) is 10.1. The highest BCUT2D eigenvalue weighted by atomic mass is 19.1. The summed E-state index contributed by atoms with van der Waals surface area (Å²) in [7, 11) is 0. The predicted octanol–water partition coefficient (Wildman–Crippen LogP) is 2.18. The quantitative estimate of drug-likeness (QED) is 0.748. The third kappa shape index (κ3) is 3.69. The molecule has 4 nitrogen and oxygen atoms in total. The van der Waals surface area contributed by atoms with Gasteiger partial charge < -0.3 is 10.6 Å². The molecule has 0 atom stereocenters. The number of halogens is 1. The van der Waals surface area contributed by atoms with E-state index >= 15 is 0 Å². The molecule has 1 heterocycles. The molecule has 0 bridgehead atoms. The van der Waals surface area contributed by atoms with Crippen LogP contribution in [0.2, 0.25) is 0 Å². The van der Waals surface area contributed by atoms with E-state index in [2.05, 4.69) is 15.6 Å². The lowest BCUT2D eigenvalue weighted by atomic mass is 10.2. The summed E-state index contributed by atoms with van der Waals surface area (Å²) in [6, 6.07) is 1.39. The number of carbonyl (C=O) groups excluding carboxylic acids is 1. The summed E-state index contributed by atoms with van der Waals surface area (Å²) < 4.78 is 13.8. The molecule has 0 fully saturated rings. The van der Waals surface area contributed by atoms with Crippen LogP contribution in [0, 0.1) is 5.82 Å². The molecule has 0 unspecified atom stereocenters. The fraction of sp³-hybridized carbons (Fsp3) is 0.500. The van der Waals surface area contributed by atoms with Gasteiger partial charge in [0.15, 0.2) is 11.6 Å². The van der Waals surface area contributed by atoms with Crippen LogP contribution < -0.4 is 10.6 Å². The lowest BCUT2D eigenvalue weighted by Gasteiger charge is -2.08. The Morgan fingerprint density at radius 1 is 1.47 bits per heavy atom. The maximum atomic E-state index is 13.8. The zero-order chi connectivity index (χ0) is 12.7. The summed E-state index contributed by atoms with van der Waals surface area (Å²) in [5.74, 6) is -0.864. The molecule has 0 aliphatic heterocycles. The maximum absolute atomic E-state index is 13.8. The van der Waals surface area contributed by atoms with Crippen LogP contribution in [0.3, 0.4) is 0 Å². The molecule has 0 saturated carbocycles. The Bertz CT molecular complexity index is 382. The molecule has 1 aromatic heterocycles. The summed E-state index contributed by atoms with van der Waals surface area (Å²) in [6.07, 6.45) is 3.30. The van der Waals surface area contributed by atoms with Crippen molar-refractivity contribution < 1.29 is 9.18 Å². The van der Waals surface area contributed by atoms with Gasteiger partial charge in [-0.25, -0.2) is 9.37 Å². The second kappa shape index (κ2) is 6.83. The average Bonchev–Trinajstić information content (AvgIpc) is 2.32. The van der Waals surface area contributed by atoms with Crippen molar-refractivity contribution in [1.82, 2.24) is 10.3 Å². The largest absolute Gasteiger partial charge is 0.368 e. The Kier molecular flexibility index (Phi) is 5.39. The first-order valence-corrected chi connectivity index (χ1v) is 5.87. The van der Waals surface area contributed by atoms with E-state index in [1.54, 1.807) is 0 Å². The van der Waals surface area contributed by atoms with Crippen LogP contribution in [-0.4, -0.2) is 24.0 Å². The number of aromatic nitrogens is 1. The van der Waals surface area contributed by atoms with E-state index in [1.807, 2.05) is 13.8 Å². The van der Waals surface area contributed by atoms with Gasteiger partial charge in [0.25, 0.3) is 5.91 Å². The molecule has 2 N–H and O–H groups in total. The van der Waals surface area contributed by atoms with Gasteiger partial charge in [-0.3, -0.25) is 4.79 Å². The van der Waals surface area contributed by atoms with Gasteiger partial charge in [-0.1, -0.05) is 13.3 Å². The van der Waals surface area contributed by atoms with Crippen LogP contribution in [0.25, 0.3) is 0 Å². The van der Waals surface area contributed by atoms with E-state index < -0.39 is 11.7 Å². The number of anilines is 1. The van der Waals surface area contributed by atoms with Crippen LogP contribution in [-0.2, 0) is 0 Å². The van der Waals surface area contributed by atoms with Crippen molar-refractivity contribution >= 4 is 11.7 Å². The van der Waals surface area contributed by atoms with Gasteiger partial charge in [-0.15, -0.1) is 0 Å². The first-order chi connectivity index (χ1) is 8.20. The maximum Gasteiger partial charge on any atom is 0.254 e. The predicted molar refractivity (Wildman–Crippen MR) is 65.6 cm³/mol. The molecule has 0 radical (unpaired) electrons. The molecule has 17 heavy (non-hydrogen) atoms. The number of nitrogens with zero attached hydrogens (tertiary/aromatic N) is 1. The number of unbranched alkanes of at least 4 members (excludes halogenated alkanes) is 1. The number of hydrogen-bond acceptors (Lipinski definition) is 3. The summed E-state index contributed by atoms with van der Waals surface area (Å²) in [5.41, 5.74) is 0.0343. The van der Waals surface area contributed by atoms with Crippen LogP contribution in [0.4, 0.5) is 10.2 Å². The Hall–Kier alpha value is -1.65. The van der Waals surface area contributed by atoms with Crippen molar-refractivity contribution in [2.75, 3.05) is 18.4 Å². The molecule has 0 saturated heterocycles. The fourth-order valence-corrected chi connectivity index (χ4v) is 1.38. The van der Waals surface area contributed by atoms with Crippen molar-refractivity contribution in [3.05, 3.63) is 23.6 Å². The molecule has 0 aliphatic carbocycles. The van der Waals surface area contributed by atoms with Crippen LogP contribution in [0.1, 0.15) is 37.0 Å². The number of hydrogen-bond donors (Lipinski definition) is 2. The van der Waals surface area contributed by atoms with Gasteiger partial charge in [0, 0.05) is 19.3 Å². The van der Waals surface area contributed by atoms with Gasteiger partial charge >= 0.3 is 0 Å². The van der Waals surface area contributed by atoms with Gasteiger partial charge in [0.2, 0.25) is 0 Å². The Labute approximate surface area is 101 Å². The minimum atomic E-state index is -0.594. The fourth-order valence-electron chi connectivity index (χ4n) is 1.38. The third-order valence-electron chi connectivity index (χ3n) is 2.29. The van der Waals surface area contributed by atoms with E-state index in [0.29, 0.717) is 13.1 Å². The molecule has 5 heteroatoms. The average molecular weight is 239 g/mol. The van der Waals surface area contributed by atoms with E-state index in [1.165, 1.54) is 12.3 Å². The van der Waals surface area contributed by atoms with E-state index in [4.69, 9.17) is 0 Å². The van der Waals surface area contributed by atoms with Gasteiger partial charge in [-0.2, -0.15) is 0 Å². The van der Waals surface area contributed by atoms with Crippen molar-refractivity contribution in [3.63, 3.8) is 0 Å². The van der Waals surface area contributed by atoms with Crippen molar-refractivity contribution in [2.24, 2.45) is 0 Å². The van der Waals surface area contributed by atoms with Gasteiger partial charge in [0.05, 0.1) is 5.56 Å². The molecule has 0 aromatic carbocycles. The molecule has 0 spiro atoms. The van der Waals surface area contributed by atoms with Crippen molar-refractivity contribution in [1.29, 1.82) is 0 Å². The van der Waals surface area contributed by atoms with Crippen LogP contribution >= 0.6 is 0 Å². The monoisotopic (exact) mass is 239 g/mol. The standard InChI is InChI=1S/C12H18FN3O/c1-3-5-7-16-12(17)9-6-8-15-11(10(9)13)14-4-2/h6,8H,3-5,7H2,1-2H3,(H,14,15)(H,16,17). The van der Waals surface area contributed by atoms with E-state index in [9.17, 15) is 9.18 Å². The Balaban J connectivity index is 2.75. The third-order valence-corrected chi connectivity index (χ3v) is 2.29. The highest BCUT2D eigenvalue weighted by Crippen LogP contribution is 2.14. The van der Waals surface area contributed by atoms with E-state index in [0.717, 1.165) is 12.8 Å². The number of rotatable bonds is 6. The smallest absolute Gasteiger partial charge is 0.254 e. The zero-order valence-electron chi connectivity index (χ0n) is 10.2. The van der Waals surface area contributed by atoms with Gasteiger partial charge in [0.1, 0.15) is 0 Å². The SMILES string of the molecule is CCCCNC(=O)c1ccnc(NCC)c1F. The summed E-state index contributed by atoms with van der Waals surface area (Å²) in [4.78, 5) is 15.5. The van der Waals surface area contributed by atoms with Crippen LogP contribution in [0.5, 0.6) is 0 Å². The molecule has 1 rings (SSSR count). The molecular weight excluding hydrogens is 221 g/mol. The summed E-state index contributed by atoms with van der Waals surface area (Å²) in [5, 5.41) is 5.45. The second-order valence-corrected chi connectivity index (χ2v) is 3.66. The molecular formula is C12H18FN3O. The first-order valence-electron chi connectivity index (χ1n) is 5.87. The number of nitrogens with one attached hydrogen (secondary N) is 2. The summed E-state index contributed by atoms with van der Waals surface area (Å²) >= 11 is 0. The van der Waals surface area contributed by atoms with Gasteiger partial charge in [-0.05, 0) is 19.4 Å². The Morgan fingerprint density at radius 2 is 2.24 bits per heavy atom. The van der Waals surface area contributed by atoms with E-state index in [-0.39, 0.29) is 11.4 Å². The summed E-state index contributed by atoms with van der Waals surface area (Å²) in [6.45, 7) is 5.00. The topological polar surface area (TPSA) is 54.0 Å². The molecule has 1 aromatic rings. The zero-order valence-corrected chi connectivity index (χ0v) is 10.2. The minimum Gasteiger partial charge on any atom is -0.368 e. The van der Waals surface area contributed by atoms with Crippen molar-refractivity contribution in [3.8, 4) is 0 Å². The first kappa shape index (κ1) is 13.4. The molecule has 0 aliphatic rings. The Morgan fingerprint density at radius 3 is 2.88 bits per heavy atom.